The van der Waals surface area contributed by atoms with Crippen LogP contribution in [0.1, 0.15) is 39.0 Å². The second kappa shape index (κ2) is 12.1. The third kappa shape index (κ3) is 7.78. The highest BCUT2D eigenvalue weighted by Gasteiger charge is 2.08. The fourth-order valence-corrected chi connectivity index (χ4v) is 3.18. The third-order valence-electron chi connectivity index (χ3n) is 4.10. The topological polar surface area (TPSA) is 50.4 Å². The van der Waals surface area contributed by atoms with E-state index < -0.39 is 0 Å². The highest BCUT2D eigenvalue weighted by atomic mass is 35.5. The van der Waals surface area contributed by atoms with Crippen molar-refractivity contribution >= 4 is 52.1 Å². The maximum atomic E-state index is 12.1. The molecule has 1 amide bonds. The fourth-order valence-electron chi connectivity index (χ4n) is 2.57. The second-order valence-corrected chi connectivity index (χ2v) is 7.66. The number of benzene rings is 2. The predicted molar refractivity (Wildman–Crippen MR) is 119 cm³/mol. The molecule has 0 aliphatic heterocycles. The van der Waals surface area contributed by atoms with Crippen LogP contribution in [0.5, 0.6) is 5.75 Å². The normalized spacial score (nSPS) is 10.6. The Morgan fingerprint density at radius 2 is 1.61 bits per heavy atom. The number of rotatable bonds is 11. The SMILES string of the molecule is CCCCCCCOc1ccc(NC(=O)CNc2cc(Cl)c(Cl)cc2Cl)cc1. The molecule has 0 radical (unpaired) electrons. The molecule has 0 aliphatic carbocycles. The van der Waals surface area contributed by atoms with Crippen LogP contribution in [0, 0.1) is 0 Å². The summed E-state index contributed by atoms with van der Waals surface area (Å²) >= 11 is 18.0. The summed E-state index contributed by atoms with van der Waals surface area (Å²) < 4.78 is 5.72. The monoisotopic (exact) mass is 442 g/mol. The van der Waals surface area contributed by atoms with Crippen LogP contribution in [0.15, 0.2) is 36.4 Å². The third-order valence-corrected chi connectivity index (χ3v) is 5.14. The highest BCUT2D eigenvalue weighted by Crippen LogP contribution is 2.32. The maximum Gasteiger partial charge on any atom is 0.243 e. The summed E-state index contributed by atoms with van der Waals surface area (Å²) in [7, 11) is 0. The van der Waals surface area contributed by atoms with E-state index in [1.54, 1.807) is 6.07 Å². The van der Waals surface area contributed by atoms with Gasteiger partial charge in [-0.3, -0.25) is 4.79 Å². The molecule has 2 aromatic carbocycles. The summed E-state index contributed by atoms with van der Waals surface area (Å²) in [6.07, 6.45) is 6.02. The molecule has 2 N–H and O–H groups in total. The molecule has 0 aliphatic rings. The lowest BCUT2D eigenvalue weighted by molar-refractivity contribution is -0.114. The van der Waals surface area contributed by atoms with Crippen molar-refractivity contribution in [2.45, 2.75) is 39.0 Å². The van der Waals surface area contributed by atoms with Crippen molar-refractivity contribution in [2.24, 2.45) is 0 Å². The van der Waals surface area contributed by atoms with Gasteiger partial charge in [-0.25, -0.2) is 0 Å². The van der Waals surface area contributed by atoms with Crippen LogP contribution in [-0.4, -0.2) is 19.1 Å². The lowest BCUT2D eigenvalue weighted by Gasteiger charge is -2.11. The molecule has 2 aromatic rings. The fraction of sp³-hybridized carbons (Fsp3) is 0.381. The molecule has 0 bridgehead atoms. The molecule has 28 heavy (non-hydrogen) atoms. The zero-order valence-corrected chi connectivity index (χ0v) is 18.1. The molecule has 0 aromatic heterocycles. The molecule has 0 atom stereocenters. The molecule has 2 rings (SSSR count). The number of hydrogen-bond donors (Lipinski definition) is 2. The first kappa shape index (κ1) is 22.7. The molecule has 0 spiro atoms. The molecule has 0 saturated heterocycles. The lowest BCUT2D eigenvalue weighted by Crippen LogP contribution is -2.21. The summed E-state index contributed by atoms with van der Waals surface area (Å²) in [5, 5.41) is 6.90. The molecule has 0 unspecified atom stereocenters. The predicted octanol–water partition coefficient (Wildman–Crippen LogP) is 7.05. The molecule has 4 nitrogen and oxygen atoms in total. The first-order valence-corrected chi connectivity index (χ1v) is 10.5. The standard InChI is InChI=1S/C21H25Cl3N2O2/c1-2-3-4-5-6-11-28-16-9-7-15(8-10-16)26-21(27)14-25-20-13-18(23)17(22)12-19(20)24/h7-10,12-13,25H,2-6,11,14H2,1H3,(H,26,27). The van der Waals surface area contributed by atoms with Crippen molar-refractivity contribution in [1.82, 2.24) is 0 Å². The Bertz CT molecular complexity index is 767. The average molecular weight is 444 g/mol. The van der Waals surface area contributed by atoms with Crippen LogP contribution in [0.25, 0.3) is 0 Å². The Hall–Kier alpha value is -1.62. The maximum absolute atomic E-state index is 12.1. The lowest BCUT2D eigenvalue weighted by atomic mass is 10.2. The van der Waals surface area contributed by atoms with Crippen LogP contribution < -0.4 is 15.4 Å². The minimum absolute atomic E-state index is 0.0493. The average Bonchev–Trinajstić information content (AvgIpc) is 2.67. The van der Waals surface area contributed by atoms with Gasteiger partial charge < -0.3 is 15.4 Å². The second-order valence-electron chi connectivity index (χ2n) is 6.43. The molecule has 0 heterocycles. The van der Waals surface area contributed by atoms with Crippen LogP contribution in [0.4, 0.5) is 11.4 Å². The van der Waals surface area contributed by atoms with Gasteiger partial charge in [0, 0.05) is 5.69 Å². The molecule has 7 heteroatoms. The van der Waals surface area contributed by atoms with Crippen molar-refractivity contribution in [2.75, 3.05) is 23.8 Å². The van der Waals surface area contributed by atoms with Crippen molar-refractivity contribution < 1.29 is 9.53 Å². The number of ether oxygens (including phenoxy) is 1. The summed E-state index contributed by atoms with van der Waals surface area (Å²) in [6, 6.07) is 10.5. The first-order valence-electron chi connectivity index (χ1n) is 9.40. The van der Waals surface area contributed by atoms with Crippen molar-refractivity contribution in [3.8, 4) is 5.75 Å². The van der Waals surface area contributed by atoms with Crippen molar-refractivity contribution in [1.29, 1.82) is 0 Å². The van der Waals surface area contributed by atoms with Gasteiger partial charge in [-0.1, -0.05) is 67.4 Å². The quantitative estimate of drug-likeness (QED) is 0.289. The number of anilines is 2. The van der Waals surface area contributed by atoms with Gasteiger partial charge in [-0.15, -0.1) is 0 Å². The largest absolute Gasteiger partial charge is 0.494 e. The smallest absolute Gasteiger partial charge is 0.243 e. The van der Waals surface area contributed by atoms with Crippen LogP contribution in [0.3, 0.4) is 0 Å². The summed E-state index contributed by atoms with van der Waals surface area (Å²) in [4.78, 5) is 12.1. The van der Waals surface area contributed by atoms with E-state index in [1.165, 1.54) is 31.7 Å². The number of carbonyl (C=O) groups excluding carboxylic acids is 1. The number of carbonyl (C=O) groups is 1. The minimum Gasteiger partial charge on any atom is -0.494 e. The van der Waals surface area contributed by atoms with E-state index in [0.717, 1.165) is 12.2 Å². The van der Waals surface area contributed by atoms with Gasteiger partial charge in [0.1, 0.15) is 5.75 Å². The van der Waals surface area contributed by atoms with E-state index in [0.29, 0.717) is 33.0 Å². The van der Waals surface area contributed by atoms with Crippen molar-refractivity contribution in [3.63, 3.8) is 0 Å². The van der Waals surface area contributed by atoms with Crippen LogP contribution in [0.2, 0.25) is 15.1 Å². The minimum atomic E-state index is -0.202. The Morgan fingerprint density at radius 1 is 0.929 bits per heavy atom. The Morgan fingerprint density at radius 3 is 2.32 bits per heavy atom. The van der Waals surface area contributed by atoms with Crippen molar-refractivity contribution in [3.05, 3.63) is 51.5 Å². The van der Waals surface area contributed by atoms with E-state index >= 15 is 0 Å². The van der Waals surface area contributed by atoms with Gasteiger partial charge in [-0.05, 0) is 42.8 Å². The molecule has 0 saturated carbocycles. The number of unbranched alkanes of at least 4 members (excludes halogenated alkanes) is 4. The van der Waals surface area contributed by atoms with Gasteiger partial charge in [0.25, 0.3) is 0 Å². The number of nitrogens with one attached hydrogen (secondary N) is 2. The number of amides is 1. The zero-order chi connectivity index (χ0) is 20.4. The van der Waals surface area contributed by atoms with Gasteiger partial charge in [0.05, 0.1) is 33.9 Å². The summed E-state index contributed by atoms with van der Waals surface area (Å²) in [5.74, 6) is 0.598. The Kier molecular flexibility index (Phi) is 9.76. The highest BCUT2D eigenvalue weighted by molar-refractivity contribution is 6.44. The summed E-state index contributed by atoms with van der Waals surface area (Å²) in [6.45, 7) is 2.97. The van der Waals surface area contributed by atoms with Crippen LogP contribution in [-0.2, 0) is 4.79 Å². The van der Waals surface area contributed by atoms with E-state index in [9.17, 15) is 4.79 Å². The van der Waals surface area contributed by atoms with Gasteiger partial charge in [-0.2, -0.15) is 0 Å². The first-order chi connectivity index (χ1) is 13.5. The number of halogens is 3. The summed E-state index contributed by atoms with van der Waals surface area (Å²) in [5.41, 5.74) is 1.25. The molecule has 152 valence electrons. The molecular formula is C21H25Cl3N2O2. The number of hydrogen-bond acceptors (Lipinski definition) is 3. The van der Waals surface area contributed by atoms with E-state index in [1.807, 2.05) is 24.3 Å². The Balaban J connectivity index is 1.74. The van der Waals surface area contributed by atoms with Crippen LogP contribution >= 0.6 is 34.8 Å². The van der Waals surface area contributed by atoms with E-state index in [2.05, 4.69) is 17.6 Å². The Labute approximate surface area is 181 Å². The van der Waals surface area contributed by atoms with Gasteiger partial charge in [0.2, 0.25) is 5.91 Å². The van der Waals surface area contributed by atoms with E-state index in [-0.39, 0.29) is 12.5 Å². The zero-order valence-electron chi connectivity index (χ0n) is 15.9. The van der Waals surface area contributed by atoms with E-state index in [4.69, 9.17) is 39.5 Å². The molecular weight excluding hydrogens is 419 g/mol. The molecule has 0 fully saturated rings. The van der Waals surface area contributed by atoms with Gasteiger partial charge >= 0.3 is 0 Å². The van der Waals surface area contributed by atoms with Gasteiger partial charge in [0.15, 0.2) is 0 Å².